The first kappa shape index (κ1) is 15.8. The van der Waals surface area contributed by atoms with E-state index in [1.807, 2.05) is 0 Å². The van der Waals surface area contributed by atoms with Crippen molar-refractivity contribution in [3.8, 4) is 11.5 Å². The highest BCUT2D eigenvalue weighted by Gasteiger charge is 2.17. The first-order valence-corrected chi connectivity index (χ1v) is 6.98. The van der Waals surface area contributed by atoms with Crippen molar-refractivity contribution in [2.75, 3.05) is 26.6 Å². The number of amides is 1. The Bertz CT molecular complexity index is 698. The van der Waals surface area contributed by atoms with Gasteiger partial charge >= 0.3 is 5.97 Å². The summed E-state index contributed by atoms with van der Waals surface area (Å²) >= 11 is 1.02. The number of thiazole rings is 1. The number of hydrogen-bond donors (Lipinski definition) is 1. The number of methoxy groups -OCH3 is 3. The van der Waals surface area contributed by atoms with E-state index in [9.17, 15) is 9.59 Å². The second-order valence-corrected chi connectivity index (χ2v) is 5.07. The van der Waals surface area contributed by atoms with Crippen molar-refractivity contribution < 1.29 is 23.8 Å². The van der Waals surface area contributed by atoms with Gasteiger partial charge in [-0.1, -0.05) is 11.3 Å². The molecule has 1 aromatic carbocycles. The van der Waals surface area contributed by atoms with Crippen LogP contribution in [0.3, 0.4) is 0 Å². The van der Waals surface area contributed by atoms with Crippen molar-refractivity contribution in [2.24, 2.45) is 0 Å². The Kier molecular flexibility index (Phi) is 4.95. The number of nitrogens with zero attached hydrogens (tertiary/aromatic N) is 1. The van der Waals surface area contributed by atoms with Crippen molar-refractivity contribution in [1.82, 2.24) is 4.98 Å². The summed E-state index contributed by atoms with van der Waals surface area (Å²) in [5.41, 5.74) is 0.302. The Balaban J connectivity index is 2.21. The van der Waals surface area contributed by atoms with E-state index in [0.717, 1.165) is 11.3 Å². The van der Waals surface area contributed by atoms with Crippen LogP contribution >= 0.6 is 11.3 Å². The number of aromatic nitrogens is 1. The monoisotopic (exact) mass is 322 g/mol. The van der Waals surface area contributed by atoms with E-state index in [2.05, 4.69) is 15.0 Å². The molecule has 0 bridgehead atoms. The van der Waals surface area contributed by atoms with E-state index in [-0.39, 0.29) is 5.13 Å². The molecule has 8 heteroatoms. The van der Waals surface area contributed by atoms with Crippen LogP contribution in [-0.2, 0) is 4.74 Å². The van der Waals surface area contributed by atoms with Crippen LogP contribution in [0.1, 0.15) is 20.0 Å². The number of ether oxygens (including phenoxy) is 3. The summed E-state index contributed by atoms with van der Waals surface area (Å²) in [7, 11) is 4.26. The van der Waals surface area contributed by atoms with Gasteiger partial charge in [-0.15, -0.1) is 0 Å². The molecule has 22 heavy (non-hydrogen) atoms. The molecule has 0 aliphatic rings. The van der Waals surface area contributed by atoms with Crippen molar-refractivity contribution in [3.05, 3.63) is 34.8 Å². The molecule has 0 unspecified atom stereocenters. The Morgan fingerprint density at radius 2 is 1.95 bits per heavy atom. The third kappa shape index (κ3) is 3.34. The SMILES string of the molecule is COC(=O)c1cnc(NC(=O)c2cc(OC)ccc2OC)s1. The van der Waals surface area contributed by atoms with E-state index in [1.54, 1.807) is 18.2 Å². The largest absolute Gasteiger partial charge is 0.497 e. The predicted molar refractivity (Wildman–Crippen MR) is 81.0 cm³/mol. The van der Waals surface area contributed by atoms with Gasteiger partial charge in [0.2, 0.25) is 0 Å². The van der Waals surface area contributed by atoms with Gasteiger partial charge in [-0.2, -0.15) is 0 Å². The average Bonchev–Trinajstić information content (AvgIpc) is 3.01. The van der Waals surface area contributed by atoms with E-state index in [4.69, 9.17) is 9.47 Å². The van der Waals surface area contributed by atoms with Crippen LogP contribution in [0, 0.1) is 0 Å². The van der Waals surface area contributed by atoms with Gasteiger partial charge < -0.3 is 14.2 Å². The lowest BCUT2D eigenvalue weighted by atomic mass is 10.2. The minimum absolute atomic E-state index is 0.287. The van der Waals surface area contributed by atoms with Crippen molar-refractivity contribution in [3.63, 3.8) is 0 Å². The first-order valence-electron chi connectivity index (χ1n) is 6.16. The zero-order chi connectivity index (χ0) is 16.1. The molecule has 0 aliphatic heterocycles. The van der Waals surface area contributed by atoms with Gasteiger partial charge in [0.25, 0.3) is 5.91 Å². The Hall–Kier alpha value is -2.61. The smallest absolute Gasteiger partial charge is 0.349 e. The fourth-order valence-corrected chi connectivity index (χ4v) is 2.41. The summed E-state index contributed by atoms with van der Waals surface area (Å²) < 4.78 is 14.8. The summed E-state index contributed by atoms with van der Waals surface area (Å²) in [5, 5.41) is 2.90. The highest BCUT2D eigenvalue weighted by Crippen LogP contribution is 2.26. The molecule has 1 heterocycles. The molecule has 0 saturated carbocycles. The molecule has 0 spiro atoms. The van der Waals surface area contributed by atoms with Gasteiger partial charge in [0.05, 0.1) is 33.1 Å². The van der Waals surface area contributed by atoms with Crippen LogP contribution < -0.4 is 14.8 Å². The maximum atomic E-state index is 12.3. The van der Waals surface area contributed by atoms with Crippen LogP contribution in [0.25, 0.3) is 0 Å². The molecule has 1 N–H and O–H groups in total. The number of anilines is 1. The molecule has 0 aliphatic carbocycles. The topological polar surface area (TPSA) is 86.8 Å². The standard InChI is InChI=1S/C14H14N2O5S/c1-19-8-4-5-10(20-2)9(6-8)12(17)16-14-15-7-11(22-14)13(18)21-3/h4-7H,1-3H3,(H,15,16,17). The minimum Gasteiger partial charge on any atom is -0.497 e. The molecular weight excluding hydrogens is 308 g/mol. The van der Waals surface area contributed by atoms with Gasteiger partial charge in [-0.05, 0) is 18.2 Å². The molecule has 1 amide bonds. The van der Waals surface area contributed by atoms with Crippen LogP contribution in [0.2, 0.25) is 0 Å². The zero-order valence-electron chi connectivity index (χ0n) is 12.2. The fraction of sp³-hybridized carbons (Fsp3) is 0.214. The molecule has 0 fully saturated rings. The Morgan fingerprint density at radius 1 is 1.18 bits per heavy atom. The zero-order valence-corrected chi connectivity index (χ0v) is 13.0. The minimum atomic E-state index is -0.503. The molecule has 2 aromatic rings. The summed E-state index contributed by atoms with van der Waals surface area (Å²) in [4.78, 5) is 27.9. The molecule has 116 valence electrons. The lowest BCUT2D eigenvalue weighted by Crippen LogP contribution is -2.13. The third-order valence-electron chi connectivity index (χ3n) is 2.76. The molecule has 7 nitrogen and oxygen atoms in total. The van der Waals surface area contributed by atoms with Gasteiger partial charge in [0, 0.05) is 0 Å². The van der Waals surface area contributed by atoms with Crippen molar-refractivity contribution in [2.45, 2.75) is 0 Å². The van der Waals surface area contributed by atoms with E-state index >= 15 is 0 Å². The van der Waals surface area contributed by atoms with Crippen LogP contribution in [0.15, 0.2) is 24.4 Å². The predicted octanol–water partition coefficient (Wildman–Crippen LogP) is 2.20. The molecule has 0 saturated heterocycles. The van der Waals surface area contributed by atoms with Gasteiger partial charge in [-0.25, -0.2) is 9.78 Å². The number of hydrogen-bond acceptors (Lipinski definition) is 7. The lowest BCUT2D eigenvalue weighted by molar-refractivity contribution is 0.0606. The summed E-state index contributed by atoms with van der Waals surface area (Å²) in [6.45, 7) is 0. The van der Waals surface area contributed by atoms with Crippen molar-refractivity contribution in [1.29, 1.82) is 0 Å². The highest BCUT2D eigenvalue weighted by atomic mass is 32.1. The number of esters is 1. The van der Waals surface area contributed by atoms with Crippen LogP contribution in [0.5, 0.6) is 11.5 Å². The number of carbonyl (C=O) groups is 2. The fourth-order valence-electron chi connectivity index (χ4n) is 1.68. The summed E-state index contributed by atoms with van der Waals surface area (Å²) in [6, 6.07) is 4.88. The highest BCUT2D eigenvalue weighted by molar-refractivity contribution is 7.17. The van der Waals surface area contributed by atoms with Gasteiger partial charge in [0.15, 0.2) is 5.13 Å². The summed E-state index contributed by atoms with van der Waals surface area (Å²) in [6.07, 6.45) is 1.34. The molecule has 2 rings (SSSR count). The van der Waals surface area contributed by atoms with Gasteiger partial charge in [-0.3, -0.25) is 10.1 Å². The second-order valence-electron chi connectivity index (χ2n) is 4.04. The van der Waals surface area contributed by atoms with Crippen molar-refractivity contribution >= 4 is 28.3 Å². The normalized spacial score (nSPS) is 9.95. The molecule has 1 aromatic heterocycles. The third-order valence-corrected chi connectivity index (χ3v) is 3.66. The number of rotatable bonds is 5. The van der Waals surface area contributed by atoms with Crippen LogP contribution in [0.4, 0.5) is 5.13 Å². The first-order chi connectivity index (χ1) is 10.6. The lowest BCUT2D eigenvalue weighted by Gasteiger charge is -2.09. The van der Waals surface area contributed by atoms with Gasteiger partial charge in [0.1, 0.15) is 16.4 Å². The van der Waals surface area contributed by atoms with E-state index in [0.29, 0.717) is 21.9 Å². The molecular formula is C14H14N2O5S. The number of nitrogens with one attached hydrogen (secondary N) is 1. The Morgan fingerprint density at radius 3 is 2.59 bits per heavy atom. The maximum Gasteiger partial charge on any atom is 0.349 e. The molecule has 0 atom stereocenters. The number of benzene rings is 1. The summed E-state index contributed by atoms with van der Waals surface area (Å²) in [5.74, 6) is 0.0156. The average molecular weight is 322 g/mol. The Labute approximate surface area is 130 Å². The molecule has 0 radical (unpaired) electrons. The van der Waals surface area contributed by atoms with Crippen LogP contribution in [-0.4, -0.2) is 38.2 Å². The van der Waals surface area contributed by atoms with E-state index < -0.39 is 11.9 Å². The maximum absolute atomic E-state index is 12.3. The quantitative estimate of drug-likeness (QED) is 0.849. The van der Waals surface area contributed by atoms with E-state index in [1.165, 1.54) is 27.5 Å². The second kappa shape index (κ2) is 6.90. The number of carbonyl (C=O) groups excluding carboxylic acids is 2.